The summed E-state index contributed by atoms with van der Waals surface area (Å²) in [6.45, 7) is 6.51. The van der Waals surface area contributed by atoms with E-state index < -0.39 is 0 Å². The van der Waals surface area contributed by atoms with Gasteiger partial charge in [0.25, 0.3) is 0 Å². The second kappa shape index (κ2) is 6.17. The summed E-state index contributed by atoms with van der Waals surface area (Å²) in [7, 11) is 0. The topological polar surface area (TPSA) is 55.3 Å². The fraction of sp³-hybridized carbons (Fsp3) is 0.769. The second-order valence-electron chi connectivity index (χ2n) is 4.88. The normalized spacial score (nSPS) is 21.2. The second-order valence-corrected chi connectivity index (χ2v) is 4.88. The Morgan fingerprint density at radius 1 is 1.59 bits per heavy atom. The molecule has 1 fully saturated rings. The average molecular weight is 237 g/mol. The Kier molecular flexibility index (Phi) is 4.57. The Morgan fingerprint density at radius 3 is 3.18 bits per heavy atom. The molecular weight excluding hydrogens is 214 g/mol. The van der Waals surface area contributed by atoms with Crippen molar-refractivity contribution in [3.63, 3.8) is 0 Å². The van der Waals surface area contributed by atoms with Gasteiger partial charge in [0.2, 0.25) is 0 Å². The van der Waals surface area contributed by atoms with Crippen molar-refractivity contribution in [3.05, 3.63) is 17.8 Å². The molecule has 0 radical (unpaired) electrons. The van der Waals surface area contributed by atoms with Crippen LogP contribution in [0.4, 0.5) is 0 Å². The van der Waals surface area contributed by atoms with E-state index in [4.69, 9.17) is 10.2 Å². The van der Waals surface area contributed by atoms with E-state index in [1.807, 2.05) is 0 Å². The highest BCUT2D eigenvalue weighted by Gasteiger charge is 2.22. The number of nitrogens with two attached hydrogens (primary N) is 1. The zero-order valence-corrected chi connectivity index (χ0v) is 10.7. The summed E-state index contributed by atoms with van der Waals surface area (Å²) in [6.07, 6.45) is 5.97. The summed E-state index contributed by atoms with van der Waals surface area (Å²) in [5, 5.41) is 0. The summed E-state index contributed by atoms with van der Waals surface area (Å²) in [4.78, 5) is 7.01. The Labute approximate surface area is 103 Å². The van der Waals surface area contributed by atoms with Gasteiger partial charge >= 0.3 is 0 Å². The maximum Gasteiger partial charge on any atom is 0.194 e. The first-order valence-electron chi connectivity index (χ1n) is 6.67. The quantitative estimate of drug-likeness (QED) is 0.813. The van der Waals surface area contributed by atoms with E-state index in [0.29, 0.717) is 0 Å². The molecule has 96 valence electrons. The zero-order chi connectivity index (χ0) is 12.1. The molecule has 1 aliphatic heterocycles. The minimum atomic E-state index is 0.718. The monoisotopic (exact) mass is 237 g/mol. The molecule has 1 saturated heterocycles. The lowest BCUT2D eigenvalue weighted by Crippen LogP contribution is -2.20. The van der Waals surface area contributed by atoms with Gasteiger partial charge in [-0.05, 0) is 44.8 Å². The Hall–Kier alpha value is -0.870. The van der Waals surface area contributed by atoms with Gasteiger partial charge in [0, 0.05) is 13.0 Å². The van der Waals surface area contributed by atoms with Crippen LogP contribution in [-0.2, 0) is 12.8 Å². The standard InChI is InChI=1S/C13H23N3O/c1-2-16-7-5-11(9-16)8-13-15-12(10-17-13)4-3-6-14/h10-11H,2-9,14H2,1H3. The van der Waals surface area contributed by atoms with Gasteiger partial charge in [0.1, 0.15) is 6.26 Å². The maximum atomic E-state index is 5.52. The molecule has 4 heteroatoms. The van der Waals surface area contributed by atoms with E-state index in [1.54, 1.807) is 6.26 Å². The van der Waals surface area contributed by atoms with Crippen molar-refractivity contribution in [2.24, 2.45) is 11.7 Å². The Bertz CT molecular complexity index is 337. The molecule has 1 aromatic heterocycles. The Balaban J connectivity index is 1.80. The van der Waals surface area contributed by atoms with Crippen LogP contribution in [0, 0.1) is 5.92 Å². The predicted octanol–water partition coefficient (Wildman–Crippen LogP) is 1.45. The third kappa shape index (κ3) is 3.54. The SMILES string of the molecule is CCN1CCC(Cc2nc(CCCN)co2)C1. The van der Waals surface area contributed by atoms with Gasteiger partial charge in [-0.15, -0.1) is 0 Å². The van der Waals surface area contributed by atoms with Crippen molar-refractivity contribution in [2.75, 3.05) is 26.2 Å². The first kappa shape index (κ1) is 12.6. The van der Waals surface area contributed by atoms with E-state index in [2.05, 4.69) is 16.8 Å². The molecule has 17 heavy (non-hydrogen) atoms. The molecule has 2 rings (SSSR count). The van der Waals surface area contributed by atoms with Crippen LogP contribution in [-0.4, -0.2) is 36.1 Å². The molecule has 1 aliphatic rings. The van der Waals surface area contributed by atoms with Crippen LogP contribution >= 0.6 is 0 Å². The molecule has 0 saturated carbocycles. The van der Waals surface area contributed by atoms with Crippen LogP contribution in [0.15, 0.2) is 10.7 Å². The van der Waals surface area contributed by atoms with Gasteiger partial charge in [-0.3, -0.25) is 0 Å². The molecule has 1 aromatic rings. The van der Waals surface area contributed by atoms with Gasteiger partial charge in [0.05, 0.1) is 5.69 Å². The maximum absolute atomic E-state index is 5.52. The average Bonchev–Trinajstić information content (AvgIpc) is 2.96. The summed E-state index contributed by atoms with van der Waals surface area (Å²) < 4.78 is 5.52. The molecule has 4 nitrogen and oxygen atoms in total. The molecule has 1 atom stereocenters. The number of rotatable bonds is 6. The lowest BCUT2D eigenvalue weighted by Gasteiger charge is -2.11. The predicted molar refractivity (Wildman–Crippen MR) is 67.8 cm³/mol. The molecule has 0 spiro atoms. The minimum Gasteiger partial charge on any atom is -0.449 e. The number of hydrogen-bond donors (Lipinski definition) is 1. The number of aryl methyl sites for hydroxylation is 1. The molecule has 0 aliphatic carbocycles. The van der Waals surface area contributed by atoms with Gasteiger partial charge in [0.15, 0.2) is 5.89 Å². The van der Waals surface area contributed by atoms with Crippen molar-refractivity contribution in [1.82, 2.24) is 9.88 Å². The molecule has 2 heterocycles. The number of nitrogens with zero attached hydrogens (tertiary/aromatic N) is 2. The highest BCUT2D eigenvalue weighted by Crippen LogP contribution is 2.20. The third-order valence-corrected chi connectivity index (χ3v) is 3.52. The van der Waals surface area contributed by atoms with Crippen molar-refractivity contribution in [3.8, 4) is 0 Å². The molecule has 0 amide bonds. The largest absolute Gasteiger partial charge is 0.449 e. The summed E-state index contributed by atoms with van der Waals surface area (Å²) >= 11 is 0. The fourth-order valence-electron chi connectivity index (χ4n) is 2.45. The van der Waals surface area contributed by atoms with Crippen LogP contribution in [0.1, 0.15) is 31.4 Å². The first-order valence-corrected chi connectivity index (χ1v) is 6.67. The molecule has 1 unspecified atom stereocenters. The number of oxazole rings is 1. The number of aromatic nitrogens is 1. The minimum absolute atomic E-state index is 0.718. The number of hydrogen-bond acceptors (Lipinski definition) is 4. The van der Waals surface area contributed by atoms with Crippen molar-refractivity contribution >= 4 is 0 Å². The Morgan fingerprint density at radius 2 is 2.47 bits per heavy atom. The van der Waals surface area contributed by atoms with Gasteiger partial charge in [-0.25, -0.2) is 4.98 Å². The van der Waals surface area contributed by atoms with Crippen LogP contribution in [0.3, 0.4) is 0 Å². The summed E-state index contributed by atoms with van der Waals surface area (Å²) in [6, 6.07) is 0. The van der Waals surface area contributed by atoms with Crippen molar-refractivity contribution in [1.29, 1.82) is 0 Å². The highest BCUT2D eigenvalue weighted by molar-refractivity contribution is 4.98. The lowest BCUT2D eigenvalue weighted by molar-refractivity contribution is 0.335. The van der Waals surface area contributed by atoms with Crippen LogP contribution in [0.2, 0.25) is 0 Å². The summed E-state index contributed by atoms with van der Waals surface area (Å²) in [5.41, 5.74) is 6.53. The third-order valence-electron chi connectivity index (χ3n) is 3.52. The van der Waals surface area contributed by atoms with E-state index >= 15 is 0 Å². The van der Waals surface area contributed by atoms with Gasteiger partial charge in [-0.2, -0.15) is 0 Å². The van der Waals surface area contributed by atoms with E-state index in [9.17, 15) is 0 Å². The van der Waals surface area contributed by atoms with Crippen LogP contribution in [0.5, 0.6) is 0 Å². The van der Waals surface area contributed by atoms with E-state index in [-0.39, 0.29) is 0 Å². The number of likely N-dealkylation sites (tertiary alicyclic amines) is 1. The first-order chi connectivity index (χ1) is 8.31. The zero-order valence-electron chi connectivity index (χ0n) is 10.7. The van der Waals surface area contributed by atoms with Crippen molar-refractivity contribution < 1.29 is 4.42 Å². The molecular formula is C13H23N3O. The van der Waals surface area contributed by atoms with Gasteiger partial charge in [-0.1, -0.05) is 6.92 Å². The van der Waals surface area contributed by atoms with E-state index in [0.717, 1.165) is 49.9 Å². The van der Waals surface area contributed by atoms with Crippen LogP contribution < -0.4 is 5.73 Å². The smallest absolute Gasteiger partial charge is 0.194 e. The summed E-state index contributed by atoms with van der Waals surface area (Å²) in [5.74, 6) is 1.62. The van der Waals surface area contributed by atoms with Crippen molar-refractivity contribution in [2.45, 2.75) is 32.6 Å². The van der Waals surface area contributed by atoms with Gasteiger partial charge < -0.3 is 15.1 Å². The van der Waals surface area contributed by atoms with E-state index in [1.165, 1.54) is 19.5 Å². The van der Waals surface area contributed by atoms with Crippen LogP contribution in [0.25, 0.3) is 0 Å². The molecule has 0 bridgehead atoms. The highest BCUT2D eigenvalue weighted by atomic mass is 16.3. The lowest BCUT2D eigenvalue weighted by atomic mass is 10.1. The fourth-order valence-corrected chi connectivity index (χ4v) is 2.45. The molecule has 2 N–H and O–H groups in total. The molecule has 0 aromatic carbocycles.